The summed E-state index contributed by atoms with van der Waals surface area (Å²) in [6.45, 7) is 4.94. The van der Waals surface area contributed by atoms with Gasteiger partial charge in [-0.05, 0) is 19.8 Å². The van der Waals surface area contributed by atoms with Crippen molar-refractivity contribution in [2.45, 2.75) is 32.7 Å². The molecule has 0 aromatic heterocycles. The molecule has 0 radical (unpaired) electrons. The van der Waals surface area contributed by atoms with Crippen molar-refractivity contribution in [2.24, 2.45) is 0 Å². The fourth-order valence-corrected chi connectivity index (χ4v) is 1.66. The summed E-state index contributed by atoms with van der Waals surface area (Å²) >= 11 is 0. The van der Waals surface area contributed by atoms with Gasteiger partial charge in [0.15, 0.2) is 0 Å². The summed E-state index contributed by atoms with van der Waals surface area (Å²) in [6, 6.07) is -1.08. The third kappa shape index (κ3) is 3.25. The van der Waals surface area contributed by atoms with Crippen LogP contribution in [0.3, 0.4) is 0 Å². The Balaban J connectivity index is 2.52. The number of carbonyl (C=O) groups excluding carboxylic acids is 1. The predicted molar refractivity (Wildman–Crippen MR) is 60.2 cm³/mol. The number of hydrogen-bond acceptors (Lipinski definition) is 2. The van der Waals surface area contributed by atoms with Crippen molar-refractivity contribution in [2.75, 3.05) is 13.1 Å². The highest BCUT2D eigenvalue weighted by Crippen LogP contribution is 2.09. The number of carbonyl (C=O) groups is 2. The molecule has 0 aromatic carbocycles. The first kappa shape index (κ1) is 12.5. The molecule has 0 spiro atoms. The molecule has 1 aliphatic rings. The van der Waals surface area contributed by atoms with Gasteiger partial charge in [-0.1, -0.05) is 18.6 Å². The second-order valence-electron chi connectivity index (χ2n) is 4.01. The minimum atomic E-state index is -0.986. The van der Waals surface area contributed by atoms with Gasteiger partial charge in [-0.25, -0.2) is 9.59 Å². The van der Waals surface area contributed by atoms with Crippen molar-refractivity contribution >= 4 is 12.0 Å². The second-order valence-corrected chi connectivity index (χ2v) is 4.01. The summed E-state index contributed by atoms with van der Waals surface area (Å²) in [5.74, 6) is -0.986. The van der Waals surface area contributed by atoms with Gasteiger partial charge in [0.05, 0.1) is 0 Å². The Hall–Kier alpha value is -1.52. The van der Waals surface area contributed by atoms with Crippen LogP contribution in [0.15, 0.2) is 11.6 Å². The van der Waals surface area contributed by atoms with E-state index in [-0.39, 0.29) is 6.03 Å². The Morgan fingerprint density at radius 3 is 2.81 bits per heavy atom. The third-order valence-electron chi connectivity index (χ3n) is 2.62. The Morgan fingerprint density at radius 2 is 2.31 bits per heavy atom. The second kappa shape index (κ2) is 5.53. The van der Waals surface area contributed by atoms with E-state index in [1.165, 1.54) is 0 Å². The van der Waals surface area contributed by atoms with Gasteiger partial charge >= 0.3 is 12.0 Å². The van der Waals surface area contributed by atoms with Crippen molar-refractivity contribution < 1.29 is 14.7 Å². The Labute approximate surface area is 95.1 Å². The van der Waals surface area contributed by atoms with Crippen LogP contribution in [0.5, 0.6) is 0 Å². The summed E-state index contributed by atoms with van der Waals surface area (Å²) in [4.78, 5) is 24.1. The number of urea groups is 1. The quantitative estimate of drug-likeness (QED) is 0.711. The Bertz CT molecular complexity index is 312. The van der Waals surface area contributed by atoms with E-state index in [1.54, 1.807) is 11.8 Å². The molecule has 0 aromatic rings. The molecule has 0 unspecified atom stereocenters. The number of rotatable bonds is 3. The van der Waals surface area contributed by atoms with Crippen LogP contribution in [0.2, 0.25) is 0 Å². The number of hydrogen-bond donors (Lipinski definition) is 2. The lowest BCUT2D eigenvalue weighted by Crippen LogP contribution is -2.49. The number of nitrogens with one attached hydrogen (secondary N) is 1. The highest BCUT2D eigenvalue weighted by Gasteiger charge is 2.22. The molecule has 90 valence electrons. The number of nitrogens with zero attached hydrogens (tertiary/aromatic N) is 1. The fraction of sp³-hybridized carbons (Fsp3) is 0.636. The van der Waals surface area contributed by atoms with Gasteiger partial charge < -0.3 is 15.3 Å². The van der Waals surface area contributed by atoms with Crippen LogP contribution in [-0.2, 0) is 4.79 Å². The SMILES string of the molecule is CC[C@H](NC(=O)N1CCC=C(C)C1)C(=O)O. The highest BCUT2D eigenvalue weighted by molar-refractivity contribution is 5.82. The van der Waals surface area contributed by atoms with Crippen molar-refractivity contribution in [3.63, 3.8) is 0 Å². The molecule has 1 heterocycles. The lowest BCUT2D eigenvalue weighted by atomic mass is 10.1. The maximum atomic E-state index is 11.7. The van der Waals surface area contributed by atoms with E-state index in [0.717, 1.165) is 12.0 Å². The van der Waals surface area contributed by atoms with E-state index in [9.17, 15) is 9.59 Å². The number of amides is 2. The van der Waals surface area contributed by atoms with E-state index < -0.39 is 12.0 Å². The molecule has 0 saturated carbocycles. The van der Waals surface area contributed by atoms with E-state index in [0.29, 0.717) is 19.5 Å². The summed E-state index contributed by atoms with van der Waals surface area (Å²) in [7, 11) is 0. The van der Waals surface area contributed by atoms with Gasteiger partial charge in [-0.15, -0.1) is 0 Å². The minimum absolute atomic E-state index is 0.290. The molecule has 0 saturated heterocycles. The minimum Gasteiger partial charge on any atom is -0.480 e. The molecule has 5 nitrogen and oxygen atoms in total. The van der Waals surface area contributed by atoms with Crippen molar-refractivity contribution in [1.82, 2.24) is 10.2 Å². The summed E-state index contributed by atoms with van der Waals surface area (Å²) in [5, 5.41) is 11.3. The number of carboxylic acid groups (broad SMARTS) is 1. The van der Waals surface area contributed by atoms with Crippen molar-refractivity contribution in [3.8, 4) is 0 Å². The van der Waals surface area contributed by atoms with Crippen LogP contribution < -0.4 is 5.32 Å². The predicted octanol–water partition coefficient (Wildman–Crippen LogP) is 1.21. The molecule has 1 atom stereocenters. The van der Waals surface area contributed by atoms with Crippen molar-refractivity contribution in [1.29, 1.82) is 0 Å². The monoisotopic (exact) mass is 226 g/mol. The van der Waals surface area contributed by atoms with Crippen LogP contribution in [0.25, 0.3) is 0 Å². The van der Waals surface area contributed by atoms with E-state index in [4.69, 9.17) is 5.11 Å². The molecule has 5 heteroatoms. The standard InChI is InChI=1S/C11H18N2O3/c1-3-9(10(14)15)12-11(16)13-6-4-5-8(2)7-13/h5,9H,3-4,6-7H2,1-2H3,(H,12,16)(H,14,15)/t9-/m0/s1. The molecule has 1 rings (SSSR count). The van der Waals surface area contributed by atoms with Gasteiger partial charge in [0.2, 0.25) is 0 Å². The van der Waals surface area contributed by atoms with Gasteiger partial charge in [-0.3, -0.25) is 0 Å². The summed E-state index contributed by atoms with van der Waals surface area (Å²) < 4.78 is 0. The largest absolute Gasteiger partial charge is 0.480 e. The molecule has 0 fully saturated rings. The molecule has 2 N–H and O–H groups in total. The van der Waals surface area contributed by atoms with Crippen LogP contribution >= 0.6 is 0 Å². The third-order valence-corrected chi connectivity index (χ3v) is 2.62. The topological polar surface area (TPSA) is 69.6 Å². The van der Waals surface area contributed by atoms with Gasteiger partial charge in [-0.2, -0.15) is 0 Å². The van der Waals surface area contributed by atoms with Crippen molar-refractivity contribution in [3.05, 3.63) is 11.6 Å². The maximum Gasteiger partial charge on any atom is 0.326 e. The first-order valence-corrected chi connectivity index (χ1v) is 5.48. The van der Waals surface area contributed by atoms with E-state index in [2.05, 4.69) is 11.4 Å². The zero-order valence-corrected chi connectivity index (χ0v) is 9.69. The van der Waals surface area contributed by atoms with Crippen LogP contribution in [-0.4, -0.2) is 41.1 Å². The fourth-order valence-electron chi connectivity index (χ4n) is 1.66. The molecular formula is C11H18N2O3. The molecule has 16 heavy (non-hydrogen) atoms. The van der Waals surface area contributed by atoms with Crippen LogP contribution in [0.4, 0.5) is 4.79 Å². The molecule has 0 aliphatic carbocycles. The Morgan fingerprint density at radius 1 is 1.62 bits per heavy atom. The van der Waals surface area contributed by atoms with E-state index in [1.807, 2.05) is 6.92 Å². The zero-order chi connectivity index (χ0) is 12.1. The van der Waals surface area contributed by atoms with Crippen LogP contribution in [0, 0.1) is 0 Å². The van der Waals surface area contributed by atoms with Gasteiger partial charge in [0.1, 0.15) is 6.04 Å². The van der Waals surface area contributed by atoms with Gasteiger partial charge in [0, 0.05) is 13.1 Å². The normalized spacial score (nSPS) is 17.6. The lowest BCUT2D eigenvalue weighted by Gasteiger charge is -2.27. The van der Waals surface area contributed by atoms with Gasteiger partial charge in [0.25, 0.3) is 0 Å². The lowest BCUT2D eigenvalue weighted by molar-refractivity contribution is -0.139. The highest BCUT2D eigenvalue weighted by atomic mass is 16.4. The Kier molecular flexibility index (Phi) is 4.34. The number of carboxylic acids is 1. The molecule has 2 amide bonds. The molecule has 1 aliphatic heterocycles. The summed E-state index contributed by atoms with van der Waals surface area (Å²) in [5.41, 5.74) is 1.14. The smallest absolute Gasteiger partial charge is 0.326 e. The summed E-state index contributed by atoms with van der Waals surface area (Å²) in [6.07, 6.45) is 3.32. The first-order chi connectivity index (χ1) is 7.54. The van der Waals surface area contributed by atoms with E-state index >= 15 is 0 Å². The maximum absolute atomic E-state index is 11.7. The zero-order valence-electron chi connectivity index (χ0n) is 9.69. The molecular weight excluding hydrogens is 208 g/mol. The number of aliphatic carboxylic acids is 1. The first-order valence-electron chi connectivity index (χ1n) is 5.48. The average Bonchev–Trinajstić information content (AvgIpc) is 2.25. The van der Waals surface area contributed by atoms with Crippen LogP contribution in [0.1, 0.15) is 26.7 Å². The molecule has 0 bridgehead atoms. The average molecular weight is 226 g/mol.